The quantitative estimate of drug-likeness (QED) is 0.941. The molecule has 1 heterocycles. The van der Waals surface area contributed by atoms with Gasteiger partial charge in [0, 0.05) is 6.07 Å². The van der Waals surface area contributed by atoms with Crippen LogP contribution in [0.3, 0.4) is 0 Å². The number of carbonyl (C=O) groups is 1. The van der Waals surface area contributed by atoms with E-state index in [0.717, 1.165) is 31.4 Å². The van der Waals surface area contributed by atoms with E-state index in [4.69, 9.17) is 4.52 Å². The molecule has 4 heteroatoms. The molecular formula is C18H22N2O2. The lowest BCUT2D eigenvalue weighted by Gasteiger charge is -2.29. The summed E-state index contributed by atoms with van der Waals surface area (Å²) in [7, 11) is 0. The van der Waals surface area contributed by atoms with E-state index in [1.165, 1.54) is 11.1 Å². The summed E-state index contributed by atoms with van der Waals surface area (Å²) in [6.07, 6.45) is 4.03. The van der Waals surface area contributed by atoms with Gasteiger partial charge in [0.1, 0.15) is 0 Å². The standard InChI is InChI=1S/C18H22N2O2/c1-13-7-3-4-8-16(13)18(9-5-6-10-18)17(21)19-12-15-11-14(2)20-22-15/h3-4,7-8,11H,5-6,9-10,12H2,1-2H3,(H,19,21). The first-order valence-corrected chi connectivity index (χ1v) is 7.88. The topological polar surface area (TPSA) is 55.1 Å². The Kier molecular flexibility index (Phi) is 4.01. The average molecular weight is 298 g/mol. The van der Waals surface area contributed by atoms with Gasteiger partial charge in [0.25, 0.3) is 0 Å². The maximum Gasteiger partial charge on any atom is 0.231 e. The molecule has 0 atom stereocenters. The maximum atomic E-state index is 12.9. The second kappa shape index (κ2) is 5.95. The van der Waals surface area contributed by atoms with Crippen LogP contribution in [0, 0.1) is 13.8 Å². The fraction of sp³-hybridized carbons (Fsp3) is 0.444. The average Bonchev–Trinajstić information content (AvgIpc) is 3.15. The van der Waals surface area contributed by atoms with E-state index in [2.05, 4.69) is 29.5 Å². The van der Waals surface area contributed by atoms with E-state index in [1.807, 2.05) is 25.1 Å². The Labute approximate surface area is 130 Å². The summed E-state index contributed by atoms with van der Waals surface area (Å²) in [6.45, 7) is 4.36. The molecule has 1 N–H and O–H groups in total. The van der Waals surface area contributed by atoms with Gasteiger partial charge in [-0.2, -0.15) is 0 Å². The molecule has 116 valence electrons. The molecule has 22 heavy (non-hydrogen) atoms. The van der Waals surface area contributed by atoms with Gasteiger partial charge < -0.3 is 9.84 Å². The first kappa shape index (κ1) is 14.8. The van der Waals surface area contributed by atoms with Crippen LogP contribution in [-0.2, 0) is 16.8 Å². The molecule has 2 aromatic rings. The summed E-state index contributed by atoms with van der Waals surface area (Å²) >= 11 is 0. The van der Waals surface area contributed by atoms with Crippen molar-refractivity contribution in [3.63, 3.8) is 0 Å². The molecule has 3 rings (SSSR count). The van der Waals surface area contributed by atoms with Crippen LogP contribution < -0.4 is 5.32 Å². The molecule has 0 unspecified atom stereocenters. The predicted molar refractivity (Wildman–Crippen MR) is 84.4 cm³/mol. The van der Waals surface area contributed by atoms with Crippen molar-refractivity contribution < 1.29 is 9.32 Å². The third kappa shape index (κ3) is 2.65. The van der Waals surface area contributed by atoms with Gasteiger partial charge in [-0.25, -0.2) is 0 Å². The highest BCUT2D eigenvalue weighted by Gasteiger charge is 2.43. The highest BCUT2D eigenvalue weighted by atomic mass is 16.5. The second-order valence-electron chi connectivity index (χ2n) is 6.22. The van der Waals surface area contributed by atoms with Gasteiger partial charge in [0.15, 0.2) is 5.76 Å². The molecule has 1 saturated carbocycles. The molecule has 1 aromatic heterocycles. The molecule has 1 aliphatic carbocycles. The largest absolute Gasteiger partial charge is 0.359 e. The van der Waals surface area contributed by atoms with Crippen molar-refractivity contribution in [2.24, 2.45) is 0 Å². The number of benzene rings is 1. The minimum absolute atomic E-state index is 0.105. The molecule has 1 amide bonds. The van der Waals surface area contributed by atoms with Crippen molar-refractivity contribution in [2.45, 2.75) is 51.5 Å². The van der Waals surface area contributed by atoms with Crippen LogP contribution in [0.1, 0.15) is 48.3 Å². The molecule has 1 aromatic carbocycles. The lowest BCUT2D eigenvalue weighted by molar-refractivity contribution is -0.127. The van der Waals surface area contributed by atoms with E-state index in [0.29, 0.717) is 12.3 Å². The zero-order chi connectivity index (χ0) is 15.6. The highest BCUT2D eigenvalue weighted by molar-refractivity contribution is 5.89. The minimum atomic E-state index is -0.388. The van der Waals surface area contributed by atoms with Crippen molar-refractivity contribution in [3.8, 4) is 0 Å². The summed E-state index contributed by atoms with van der Waals surface area (Å²) in [6, 6.07) is 10.1. The summed E-state index contributed by atoms with van der Waals surface area (Å²) < 4.78 is 5.17. The molecule has 1 aliphatic rings. The minimum Gasteiger partial charge on any atom is -0.359 e. The third-order valence-corrected chi connectivity index (χ3v) is 4.65. The number of carbonyl (C=O) groups excluding carboxylic acids is 1. The fourth-order valence-electron chi connectivity index (χ4n) is 3.54. The SMILES string of the molecule is Cc1cc(CNC(=O)C2(c3ccccc3C)CCCC2)on1. The molecule has 0 aliphatic heterocycles. The molecule has 4 nitrogen and oxygen atoms in total. The third-order valence-electron chi connectivity index (χ3n) is 4.65. The van der Waals surface area contributed by atoms with Gasteiger partial charge in [-0.05, 0) is 37.8 Å². The summed E-state index contributed by atoms with van der Waals surface area (Å²) in [5.74, 6) is 0.803. The van der Waals surface area contributed by atoms with Crippen molar-refractivity contribution in [1.29, 1.82) is 0 Å². The monoisotopic (exact) mass is 298 g/mol. The van der Waals surface area contributed by atoms with Gasteiger partial charge >= 0.3 is 0 Å². The summed E-state index contributed by atoms with van der Waals surface area (Å²) in [4.78, 5) is 12.9. The molecule has 0 bridgehead atoms. The van der Waals surface area contributed by atoms with Crippen LogP contribution in [0.2, 0.25) is 0 Å². The molecule has 0 saturated heterocycles. The number of rotatable bonds is 4. The number of hydrogen-bond donors (Lipinski definition) is 1. The lowest BCUT2D eigenvalue weighted by Crippen LogP contribution is -2.42. The second-order valence-corrected chi connectivity index (χ2v) is 6.22. The zero-order valence-electron chi connectivity index (χ0n) is 13.2. The van der Waals surface area contributed by atoms with Gasteiger partial charge in [0.2, 0.25) is 5.91 Å². The van der Waals surface area contributed by atoms with Crippen molar-refractivity contribution in [2.75, 3.05) is 0 Å². The first-order valence-electron chi connectivity index (χ1n) is 7.88. The number of aryl methyl sites for hydroxylation is 2. The van der Waals surface area contributed by atoms with Crippen molar-refractivity contribution >= 4 is 5.91 Å². The Morgan fingerprint density at radius 3 is 2.64 bits per heavy atom. The first-order chi connectivity index (χ1) is 10.6. The number of aromatic nitrogens is 1. The predicted octanol–water partition coefficient (Wildman–Crippen LogP) is 3.42. The van der Waals surface area contributed by atoms with Crippen LogP contribution in [0.15, 0.2) is 34.9 Å². The van der Waals surface area contributed by atoms with E-state index in [9.17, 15) is 4.79 Å². The molecule has 0 spiro atoms. The number of nitrogens with one attached hydrogen (secondary N) is 1. The Bertz CT molecular complexity index is 669. The van der Waals surface area contributed by atoms with Gasteiger partial charge in [-0.3, -0.25) is 4.79 Å². The number of amides is 1. The van der Waals surface area contributed by atoms with E-state index >= 15 is 0 Å². The van der Waals surface area contributed by atoms with Crippen LogP contribution >= 0.6 is 0 Å². The van der Waals surface area contributed by atoms with E-state index < -0.39 is 0 Å². The van der Waals surface area contributed by atoms with Crippen LogP contribution in [-0.4, -0.2) is 11.1 Å². The van der Waals surface area contributed by atoms with Gasteiger partial charge in [-0.1, -0.05) is 42.3 Å². The summed E-state index contributed by atoms with van der Waals surface area (Å²) in [5.41, 5.74) is 2.80. The maximum absolute atomic E-state index is 12.9. The number of hydrogen-bond acceptors (Lipinski definition) is 3. The normalized spacial score (nSPS) is 16.6. The van der Waals surface area contributed by atoms with Crippen LogP contribution in [0.25, 0.3) is 0 Å². The fourth-order valence-corrected chi connectivity index (χ4v) is 3.54. The Morgan fingerprint density at radius 1 is 1.27 bits per heavy atom. The van der Waals surface area contributed by atoms with Crippen molar-refractivity contribution in [3.05, 3.63) is 52.9 Å². The van der Waals surface area contributed by atoms with Crippen LogP contribution in [0.4, 0.5) is 0 Å². The Morgan fingerprint density at radius 2 is 2.00 bits per heavy atom. The molecule has 1 fully saturated rings. The van der Waals surface area contributed by atoms with Crippen LogP contribution in [0.5, 0.6) is 0 Å². The highest BCUT2D eigenvalue weighted by Crippen LogP contribution is 2.42. The number of nitrogens with zero attached hydrogens (tertiary/aromatic N) is 1. The Hall–Kier alpha value is -2.10. The molecule has 0 radical (unpaired) electrons. The van der Waals surface area contributed by atoms with Gasteiger partial charge in [-0.15, -0.1) is 0 Å². The smallest absolute Gasteiger partial charge is 0.231 e. The lowest BCUT2D eigenvalue weighted by atomic mass is 9.76. The van der Waals surface area contributed by atoms with Gasteiger partial charge in [0.05, 0.1) is 17.7 Å². The van der Waals surface area contributed by atoms with E-state index in [-0.39, 0.29) is 11.3 Å². The Balaban J connectivity index is 1.81. The van der Waals surface area contributed by atoms with Crippen molar-refractivity contribution in [1.82, 2.24) is 10.5 Å². The van der Waals surface area contributed by atoms with E-state index in [1.54, 1.807) is 0 Å². The summed E-state index contributed by atoms with van der Waals surface area (Å²) in [5, 5.41) is 6.90. The zero-order valence-corrected chi connectivity index (χ0v) is 13.2. The molecular weight excluding hydrogens is 276 g/mol.